The van der Waals surface area contributed by atoms with Crippen molar-refractivity contribution in [3.63, 3.8) is 0 Å². The number of hydrogen-bond acceptors (Lipinski definition) is 6. The summed E-state index contributed by atoms with van der Waals surface area (Å²) in [5, 5.41) is 2.03. The number of hydrogen-bond donors (Lipinski definition) is 1. The maximum atomic E-state index is 13.0. The molecule has 1 aromatic heterocycles. The standard InChI is InChI=1S/C23H26N2O4S2/c1-28-21-10-9-19(14-22(21)29-2)31(26,27)24-15-20(23-8-5-13-30-23)25-12-11-17-6-3-4-7-18(17)16-25/h3-10,13-14,20,24H,11-12,15-16H2,1-2H3. The Hall–Kier alpha value is -2.39. The lowest BCUT2D eigenvalue weighted by Gasteiger charge is -2.35. The summed E-state index contributed by atoms with van der Waals surface area (Å²) in [6.45, 7) is 1.98. The molecule has 6 nitrogen and oxygen atoms in total. The van der Waals surface area contributed by atoms with E-state index in [1.54, 1.807) is 17.4 Å². The highest BCUT2D eigenvalue weighted by Gasteiger charge is 2.27. The van der Waals surface area contributed by atoms with Crippen molar-refractivity contribution in [2.24, 2.45) is 0 Å². The molecule has 1 N–H and O–H groups in total. The van der Waals surface area contributed by atoms with Gasteiger partial charge in [0.1, 0.15) is 0 Å². The van der Waals surface area contributed by atoms with Gasteiger partial charge in [-0.25, -0.2) is 13.1 Å². The van der Waals surface area contributed by atoms with Crippen LogP contribution in [0.25, 0.3) is 0 Å². The molecule has 2 aromatic carbocycles. The zero-order valence-corrected chi connectivity index (χ0v) is 19.2. The van der Waals surface area contributed by atoms with Gasteiger partial charge in [0.15, 0.2) is 11.5 Å². The maximum absolute atomic E-state index is 13.0. The molecule has 1 unspecified atom stereocenters. The fourth-order valence-corrected chi connectivity index (χ4v) is 5.84. The van der Waals surface area contributed by atoms with Crippen LogP contribution in [-0.4, -0.2) is 40.6 Å². The minimum Gasteiger partial charge on any atom is -0.493 e. The van der Waals surface area contributed by atoms with Crippen molar-refractivity contribution in [2.45, 2.75) is 23.9 Å². The van der Waals surface area contributed by atoms with Gasteiger partial charge < -0.3 is 9.47 Å². The van der Waals surface area contributed by atoms with Gasteiger partial charge in [0.05, 0.1) is 25.2 Å². The summed E-state index contributed by atoms with van der Waals surface area (Å²) in [5.41, 5.74) is 2.67. The molecule has 0 aliphatic carbocycles. The number of rotatable bonds is 8. The summed E-state index contributed by atoms with van der Waals surface area (Å²) in [5.74, 6) is 0.873. The molecule has 0 fully saturated rings. The molecule has 0 radical (unpaired) electrons. The Labute approximate surface area is 187 Å². The number of nitrogens with one attached hydrogen (secondary N) is 1. The highest BCUT2D eigenvalue weighted by atomic mass is 32.2. The Morgan fingerprint density at radius 2 is 1.81 bits per heavy atom. The quantitative estimate of drug-likeness (QED) is 0.556. The summed E-state index contributed by atoms with van der Waals surface area (Å²) in [6, 6.07) is 17.1. The zero-order valence-electron chi connectivity index (χ0n) is 17.6. The third kappa shape index (κ3) is 4.77. The molecule has 31 heavy (non-hydrogen) atoms. The predicted octanol–water partition coefficient (Wildman–Crippen LogP) is 3.84. The lowest BCUT2D eigenvalue weighted by molar-refractivity contribution is 0.183. The molecule has 0 amide bonds. The van der Waals surface area contributed by atoms with Crippen molar-refractivity contribution in [1.29, 1.82) is 0 Å². The number of nitrogens with zero attached hydrogens (tertiary/aromatic N) is 1. The van der Waals surface area contributed by atoms with Gasteiger partial charge in [-0.1, -0.05) is 30.3 Å². The molecule has 4 rings (SSSR count). The third-order valence-electron chi connectivity index (χ3n) is 5.60. The summed E-state index contributed by atoms with van der Waals surface area (Å²) in [6.07, 6.45) is 0.959. The molecule has 0 bridgehead atoms. The summed E-state index contributed by atoms with van der Waals surface area (Å²) in [7, 11) is -0.701. The highest BCUT2D eigenvalue weighted by Crippen LogP contribution is 2.32. The molecule has 1 atom stereocenters. The van der Waals surface area contributed by atoms with Crippen LogP contribution in [0.5, 0.6) is 11.5 Å². The molecule has 0 spiro atoms. The van der Waals surface area contributed by atoms with Crippen molar-refractivity contribution in [2.75, 3.05) is 27.3 Å². The fourth-order valence-electron chi connectivity index (χ4n) is 3.93. The van der Waals surface area contributed by atoms with E-state index < -0.39 is 10.0 Å². The van der Waals surface area contributed by atoms with Crippen LogP contribution in [0.1, 0.15) is 22.0 Å². The minimum absolute atomic E-state index is 0.0386. The van der Waals surface area contributed by atoms with Gasteiger partial charge in [0, 0.05) is 30.6 Å². The topological polar surface area (TPSA) is 67.9 Å². The average Bonchev–Trinajstić information content (AvgIpc) is 3.33. The second-order valence-electron chi connectivity index (χ2n) is 7.39. The second-order valence-corrected chi connectivity index (χ2v) is 10.1. The Kier molecular flexibility index (Phi) is 6.62. The van der Waals surface area contributed by atoms with Crippen molar-refractivity contribution >= 4 is 21.4 Å². The monoisotopic (exact) mass is 458 g/mol. The number of sulfonamides is 1. The van der Waals surface area contributed by atoms with E-state index in [1.165, 1.54) is 37.5 Å². The van der Waals surface area contributed by atoms with E-state index in [0.717, 1.165) is 24.4 Å². The van der Waals surface area contributed by atoms with Crippen molar-refractivity contribution in [3.8, 4) is 11.5 Å². The molecular formula is C23H26N2O4S2. The molecule has 164 valence electrons. The second kappa shape index (κ2) is 9.40. The van der Waals surface area contributed by atoms with Crippen LogP contribution in [0.2, 0.25) is 0 Å². The normalized spacial score (nSPS) is 15.3. The van der Waals surface area contributed by atoms with Gasteiger partial charge in [-0.05, 0) is 41.1 Å². The zero-order chi connectivity index (χ0) is 21.8. The Morgan fingerprint density at radius 1 is 1.03 bits per heavy atom. The van der Waals surface area contributed by atoms with E-state index in [0.29, 0.717) is 18.0 Å². The van der Waals surface area contributed by atoms with Gasteiger partial charge in [0.25, 0.3) is 0 Å². The van der Waals surface area contributed by atoms with Crippen LogP contribution in [0.15, 0.2) is 64.9 Å². The van der Waals surface area contributed by atoms with Gasteiger partial charge >= 0.3 is 0 Å². The van der Waals surface area contributed by atoms with Gasteiger partial charge in [0.2, 0.25) is 10.0 Å². The van der Waals surface area contributed by atoms with Crippen LogP contribution in [0.3, 0.4) is 0 Å². The number of ether oxygens (including phenoxy) is 2. The molecular weight excluding hydrogens is 432 g/mol. The van der Waals surface area contributed by atoms with E-state index in [1.807, 2.05) is 11.4 Å². The van der Waals surface area contributed by atoms with E-state index in [9.17, 15) is 8.42 Å². The number of thiophene rings is 1. The SMILES string of the molecule is COc1ccc(S(=O)(=O)NCC(c2cccs2)N2CCc3ccccc3C2)cc1OC. The van der Waals surface area contributed by atoms with Crippen LogP contribution >= 0.6 is 11.3 Å². The Morgan fingerprint density at radius 3 is 2.52 bits per heavy atom. The predicted molar refractivity (Wildman–Crippen MR) is 122 cm³/mol. The first kappa shape index (κ1) is 21.8. The van der Waals surface area contributed by atoms with E-state index in [2.05, 4.69) is 40.0 Å². The molecule has 3 aromatic rings. The largest absolute Gasteiger partial charge is 0.493 e. The number of fused-ring (bicyclic) bond motifs is 1. The van der Waals surface area contributed by atoms with Crippen molar-refractivity contribution < 1.29 is 17.9 Å². The van der Waals surface area contributed by atoms with Crippen LogP contribution < -0.4 is 14.2 Å². The molecule has 1 aliphatic rings. The van der Waals surface area contributed by atoms with Gasteiger partial charge in [-0.15, -0.1) is 11.3 Å². The lowest BCUT2D eigenvalue weighted by atomic mass is 9.98. The van der Waals surface area contributed by atoms with Gasteiger partial charge in [-0.2, -0.15) is 0 Å². The first-order valence-corrected chi connectivity index (χ1v) is 12.4. The number of benzene rings is 2. The Bertz CT molecular complexity index is 1130. The molecule has 0 saturated carbocycles. The maximum Gasteiger partial charge on any atom is 0.240 e. The first-order chi connectivity index (χ1) is 15.0. The molecule has 0 saturated heterocycles. The summed E-state index contributed by atoms with van der Waals surface area (Å²) >= 11 is 1.65. The highest BCUT2D eigenvalue weighted by molar-refractivity contribution is 7.89. The van der Waals surface area contributed by atoms with Crippen molar-refractivity contribution in [3.05, 3.63) is 76.0 Å². The lowest BCUT2D eigenvalue weighted by Crippen LogP contribution is -2.40. The summed E-state index contributed by atoms with van der Waals surface area (Å²) < 4.78 is 39.4. The van der Waals surface area contributed by atoms with E-state index in [4.69, 9.17) is 9.47 Å². The van der Waals surface area contributed by atoms with Crippen LogP contribution in [0.4, 0.5) is 0 Å². The molecule has 2 heterocycles. The van der Waals surface area contributed by atoms with E-state index >= 15 is 0 Å². The minimum atomic E-state index is -3.71. The number of methoxy groups -OCH3 is 2. The van der Waals surface area contributed by atoms with E-state index in [-0.39, 0.29) is 10.9 Å². The third-order valence-corrected chi connectivity index (χ3v) is 8.00. The molecule has 8 heteroatoms. The van der Waals surface area contributed by atoms with Crippen LogP contribution in [0, 0.1) is 0 Å². The van der Waals surface area contributed by atoms with Crippen LogP contribution in [-0.2, 0) is 23.0 Å². The summed E-state index contributed by atoms with van der Waals surface area (Å²) in [4.78, 5) is 3.65. The fraction of sp³-hybridized carbons (Fsp3) is 0.304. The van der Waals surface area contributed by atoms with Crippen molar-refractivity contribution in [1.82, 2.24) is 9.62 Å². The molecule has 1 aliphatic heterocycles. The first-order valence-electron chi connectivity index (χ1n) is 10.1. The Balaban J connectivity index is 1.55. The average molecular weight is 459 g/mol. The van der Waals surface area contributed by atoms with Gasteiger partial charge in [-0.3, -0.25) is 4.90 Å². The smallest absolute Gasteiger partial charge is 0.240 e.